The van der Waals surface area contributed by atoms with E-state index >= 15 is 0 Å². The van der Waals surface area contributed by atoms with Crippen molar-refractivity contribution in [2.75, 3.05) is 0 Å². The van der Waals surface area contributed by atoms with E-state index in [1.54, 1.807) is 6.07 Å². The molecule has 0 aliphatic heterocycles. The van der Waals surface area contributed by atoms with Crippen molar-refractivity contribution in [2.24, 2.45) is 0 Å². The normalized spacial score (nSPS) is 11.8. The molecule has 5 nitrogen and oxygen atoms in total. The molecule has 0 fully saturated rings. The second-order valence-electron chi connectivity index (χ2n) is 6.19. The molecule has 0 spiro atoms. The quantitative estimate of drug-likeness (QED) is 0.504. The van der Waals surface area contributed by atoms with Gasteiger partial charge >= 0.3 is 0 Å². The number of nitrogens with one attached hydrogen (secondary N) is 2. The Kier molecular flexibility index (Phi) is 4.89. The summed E-state index contributed by atoms with van der Waals surface area (Å²) < 4.78 is 40.9. The number of fused-ring (bicyclic) bond motifs is 1. The number of H-pyrrole nitrogens is 1. The Morgan fingerprint density at radius 2 is 1.82 bits per heavy atom. The fourth-order valence-electron chi connectivity index (χ4n) is 2.81. The maximum atomic E-state index is 13.1. The van der Waals surface area contributed by atoms with E-state index in [2.05, 4.69) is 14.7 Å². The molecule has 0 bridgehead atoms. The fourth-order valence-corrected chi connectivity index (χ4v) is 4.08. The number of benzene rings is 3. The first-order chi connectivity index (χ1) is 13.4. The molecule has 0 saturated carbocycles. The van der Waals surface area contributed by atoms with Crippen molar-refractivity contribution in [3.05, 3.63) is 83.1 Å². The summed E-state index contributed by atoms with van der Waals surface area (Å²) in [5, 5.41) is 0.166. The highest BCUT2D eigenvalue weighted by atomic mass is 35.5. The minimum Gasteiger partial charge on any atom is -0.338 e. The van der Waals surface area contributed by atoms with Gasteiger partial charge in [-0.3, -0.25) is 0 Å². The van der Waals surface area contributed by atoms with E-state index in [0.717, 1.165) is 11.6 Å². The number of hydrogen-bond donors (Lipinski definition) is 2. The SMILES string of the molecule is O=S(=O)(NCc1ccc(F)cc1Cl)c1ccc2nc(-c3ccccc3)[nH]c2c1. The Morgan fingerprint density at radius 1 is 1.04 bits per heavy atom. The minimum absolute atomic E-state index is 0.0439. The molecule has 4 rings (SSSR count). The average molecular weight is 416 g/mol. The van der Waals surface area contributed by atoms with E-state index in [9.17, 15) is 12.8 Å². The number of rotatable bonds is 5. The number of hydrogen-bond acceptors (Lipinski definition) is 3. The molecule has 1 heterocycles. The van der Waals surface area contributed by atoms with Crippen LogP contribution in [0.3, 0.4) is 0 Å². The highest BCUT2D eigenvalue weighted by Crippen LogP contribution is 2.23. The maximum Gasteiger partial charge on any atom is 0.240 e. The average Bonchev–Trinajstić information content (AvgIpc) is 3.11. The number of halogens is 2. The molecule has 3 aromatic carbocycles. The third-order valence-corrected chi connectivity index (χ3v) is 6.03. The van der Waals surface area contributed by atoms with Crippen LogP contribution in [-0.2, 0) is 16.6 Å². The first kappa shape index (κ1) is 18.6. The van der Waals surface area contributed by atoms with Gasteiger partial charge in [0.25, 0.3) is 0 Å². The zero-order valence-electron chi connectivity index (χ0n) is 14.5. The first-order valence-corrected chi connectivity index (χ1v) is 10.3. The van der Waals surface area contributed by atoms with E-state index in [4.69, 9.17) is 11.6 Å². The van der Waals surface area contributed by atoms with E-state index in [1.807, 2.05) is 30.3 Å². The van der Waals surface area contributed by atoms with Crippen LogP contribution in [0, 0.1) is 5.82 Å². The summed E-state index contributed by atoms with van der Waals surface area (Å²) in [5.74, 6) is 0.187. The number of aromatic amines is 1. The largest absolute Gasteiger partial charge is 0.338 e. The molecule has 0 aliphatic rings. The second-order valence-corrected chi connectivity index (χ2v) is 8.36. The number of sulfonamides is 1. The van der Waals surface area contributed by atoms with Gasteiger partial charge in [0.2, 0.25) is 10.0 Å². The number of aromatic nitrogens is 2. The fraction of sp³-hybridized carbons (Fsp3) is 0.0500. The zero-order valence-corrected chi connectivity index (χ0v) is 16.1. The van der Waals surface area contributed by atoms with Crippen LogP contribution in [0.4, 0.5) is 4.39 Å². The van der Waals surface area contributed by atoms with Gasteiger partial charge in [-0.05, 0) is 35.9 Å². The topological polar surface area (TPSA) is 74.8 Å². The first-order valence-electron chi connectivity index (χ1n) is 8.41. The third kappa shape index (κ3) is 3.77. The van der Waals surface area contributed by atoms with Gasteiger partial charge in [0.1, 0.15) is 11.6 Å². The lowest BCUT2D eigenvalue weighted by molar-refractivity contribution is 0.581. The molecule has 0 radical (unpaired) electrons. The molecule has 0 amide bonds. The molecule has 2 N–H and O–H groups in total. The lowest BCUT2D eigenvalue weighted by atomic mass is 10.2. The highest BCUT2D eigenvalue weighted by Gasteiger charge is 2.16. The summed E-state index contributed by atoms with van der Waals surface area (Å²) in [6.07, 6.45) is 0. The van der Waals surface area contributed by atoms with Gasteiger partial charge in [-0.25, -0.2) is 22.5 Å². The molecule has 28 heavy (non-hydrogen) atoms. The molecule has 0 atom stereocenters. The van der Waals surface area contributed by atoms with Gasteiger partial charge in [-0.1, -0.05) is 48.0 Å². The van der Waals surface area contributed by atoms with Crippen molar-refractivity contribution < 1.29 is 12.8 Å². The van der Waals surface area contributed by atoms with Gasteiger partial charge in [-0.2, -0.15) is 0 Å². The molecule has 0 unspecified atom stereocenters. The van der Waals surface area contributed by atoms with Gasteiger partial charge in [0.15, 0.2) is 0 Å². The molecular formula is C20H15ClFN3O2S. The molecule has 0 saturated heterocycles. The number of imidazole rings is 1. The van der Waals surface area contributed by atoms with Crippen molar-refractivity contribution >= 4 is 32.7 Å². The summed E-state index contributed by atoms with van der Waals surface area (Å²) in [6, 6.07) is 18.1. The van der Waals surface area contributed by atoms with Crippen molar-refractivity contribution in [1.82, 2.24) is 14.7 Å². The molecule has 4 aromatic rings. The van der Waals surface area contributed by atoms with Gasteiger partial charge < -0.3 is 4.98 Å². The summed E-state index contributed by atoms with van der Waals surface area (Å²) in [5.41, 5.74) is 2.67. The molecular weight excluding hydrogens is 401 g/mol. The predicted molar refractivity (Wildman–Crippen MR) is 107 cm³/mol. The van der Waals surface area contributed by atoms with Crippen LogP contribution in [0.15, 0.2) is 71.6 Å². The highest BCUT2D eigenvalue weighted by molar-refractivity contribution is 7.89. The molecule has 8 heteroatoms. The standard InChI is InChI=1S/C20H15ClFN3O2S/c21-17-10-15(22)7-6-14(17)12-23-28(26,27)16-8-9-18-19(11-16)25-20(24-18)13-4-2-1-3-5-13/h1-11,23H,12H2,(H,24,25). The van der Waals surface area contributed by atoms with Crippen molar-refractivity contribution in [3.8, 4) is 11.4 Å². The molecule has 142 valence electrons. The Labute approximate surface area is 166 Å². The van der Waals surface area contributed by atoms with Crippen LogP contribution in [0.5, 0.6) is 0 Å². The Bertz CT molecular complexity index is 1260. The second kappa shape index (κ2) is 7.35. The lowest BCUT2D eigenvalue weighted by Crippen LogP contribution is -2.23. The summed E-state index contributed by atoms with van der Waals surface area (Å²) in [7, 11) is -3.78. The minimum atomic E-state index is -3.78. The van der Waals surface area contributed by atoms with Crippen LogP contribution in [0.1, 0.15) is 5.56 Å². The van der Waals surface area contributed by atoms with E-state index in [-0.39, 0.29) is 16.5 Å². The van der Waals surface area contributed by atoms with E-state index in [1.165, 1.54) is 24.3 Å². The maximum absolute atomic E-state index is 13.1. The van der Waals surface area contributed by atoms with Gasteiger partial charge in [0.05, 0.1) is 15.9 Å². The summed E-state index contributed by atoms with van der Waals surface area (Å²) in [4.78, 5) is 7.74. The monoisotopic (exact) mass is 415 g/mol. The van der Waals surface area contributed by atoms with Crippen LogP contribution < -0.4 is 4.72 Å². The Morgan fingerprint density at radius 3 is 2.57 bits per heavy atom. The Balaban J connectivity index is 1.60. The van der Waals surface area contributed by atoms with Crippen molar-refractivity contribution in [3.63, 3.8) is 0 Å². The van der Waals surface area contributed by atoms with Crippen LogP contribution in [0.25, 0.3) is 22.4 Å². The van der Waals surface area contributed by atoms with Crippen LogP contribution >= 0.6 is 11.6 Å². The number of nitrogens with zero attached hydrogens (tertiary/aromatic N) is 1. The third-order valence-electron chi connectivity index (χ3n) is 4.28. The summed E-state index contributed by atoms with van der Waals surface area (Å²) in [6.45, 7) is -0.0439. The van der Waals surface area contributed by atoms with Crippen LogP contribution in [0.2, 0.25) is 5.02 Å². The predicted octanol–water partition coefficient (Wildman–Crippen LogP) is 4.50. The lowest BCUT2D eigenvalue weighted by Gasteiger charge is -2.08. The summed E-state index contributed by atoms with van der Waals surface area (Å²) >= 11 is 5.96. The van der Waals surface area contributed by atoms with Crippen LogP contribution in [-0.4, -0.2) is 18.4 Å². The molecule has 1 aromatic heterocycles. The van der Waals surface area contributed by atoms with Gasteiger partial charge in [-0.15, -0.1) is 0 Å². The van der Waals surface area contributed by atoms with Crippen molar-refractivity contribution in [1.29, 1.82) is 0 Å². The van der Waals surface area contributed by atoms with E-state index < -0.39 is 15.8 Å². The smallest absolute Gasteiger partial charge is 0.240 e. The Hall–Kier alpha value is -2.74. The van der Waals surface area contributed by atoms with Gasteiger partial charge in [0, 0.05) is 17.1 Å². The zero-order chi connectivity index (χ0) is 19.7. The molecule has 0 aliphatic carbocycles. The van der Waals surface area contributed by atoms with E-state index in [0.29, 0.717) is 22.4 Å². The van der Waals surface area contributed by atoms with Crippen molar-refractivity contribution in [2.45, 2.75) is 11.4 Å².